The summed E-state index contributed by atoms with van der Waals surface area (Å²) in [5, 5.41) is 0. The summed E-state index contributed by atoms with van der Waals surface area (Å²) in [6.45, 7) is 1.80. The van der Waals surface area contributed by atoms with Crippen molar-refractivity contribution in [3.63, 3.8) is 0 Å². The average Bonchev–Trinajstić information content (AvgIpc) is 1.99. The smallest absolute Gasteiger partial charge is 0.149 e. The third kappa shape index (κ3) is 2.89. The zero-order valence-electron chi connectivity index (χ0n) is 9.22. The number of nitrogens with zero attached hydrogens (tertiary/aromatic N) is 1. The van der Waals surface area contributed by atoms with Crippen LogP contribution in [0.5, 0.6) is 0 Å². The Hall–Kier alpha value is -1.16. The van der Waals surface area contributed by atoms with E-state index in [4.69, 9.17) is 5.73 Å². The van der Waals surface area contributed by atoms with Crippen LogP contribution in [0.4, 0.5) is 14.5 Å². The second-order valence-corrected chi connectivity index (χ2v) is 3.98. The van der Waals surface area contributed by atoms with Crippen LogP contribution in [0.15, 0.2) is 12.1 Å². The maximum absolute atomic E-state index is 13.5. The van der Waals surface area contributed by atoms with Gasteiger partial charge in [0.25, 0.3) is 0 Å². The molecule has 0 amide bonds. The molecule has 2 N–H and O–H groups in total. The first-order valence-corrected chi connectivity index (χ1v) is 4.82. The molecule has 1 atom stereocenters. The van der Waals surface area contributed by atoms with E-state index < -0.39 is 11.6 Å². The highest BCUT2D eigenvalue weighted by molar-refractivity contribution is 5.49. The monoisotopic (exact) mass is 214 g/mol. The van der Waals surface area contributed by atoms with E-state index in [2.05, 4.69) is 0 Å². The lowest BCUT2D eigenvalue weighted by molar-refractivity contribution is 0.576. The van der Waals surface area contributed by atoms with E-state index in [9.17, 15) is 8.78 Å². The molecule has 1 aromatic carbocycles. The number of halogens is 2. The van der Waals surface area contributed by atoms with Gasteiger partial charge in [0.1, 0.15) is 17.3 Å². The van der Waals surface area contributed by atoms with Gasteiger partial charge in [0.15, 0.2) is 0 Å². The lowest BCUT2D eigenvalue weighted by Gasteiger charge is -2.16. The highest BCUT2D eigenvalue weighted by atomic mass is 19.1. The highest BCUT2D eigenvalue weighted by Gasteiger charge is 2.13. The topological polar surface area (TPSA) is 29.3 Å². The van der Waals surface area contributed by atoms with E-state index in [0.717, 1.165) is 0 Å². The molecule has 0 radical (unpaired) electrons. The van der Waals surface area contributed by atoms with Gasteiger partial charge in [0, 0.05) is 20.1 Å². The largest absolute Gasteiger partial charge is 0.373 e. The van der Waals surface area contributed by atoms with Crippen LogP contribution >= 0.6 is 0 Å². The lowest BCUT2D eigenvalue weighted by Crippen LogP contribution is -2.19. The molecule has 0 aliphatic rings. The van der Waals surface area contributed by atoms with Crippen molar-refractivity contribution in [2.75, 3.05) is 19.0 Å². The van der Waals surface area contributed by atoms with E-state index in [0.29, 0.717) is 12.0 Å². The molecule has 0 aliphatic carbocycles. The minimum Gasteiger partial charge on any atom is -0.373 e. The number of anilines is 1. The van der Waals surface area contributed by atoms with Crippen LogP contribution in [0, 0.1) is 11.6 Å². The molecule has 4 heteroatoms. The third-order valence-corrected chi connectivity index (χ3v) is 2.08. The van der Waals surface area contributed by atoms with Crippen LogP contribution in [0.2, 0.25) is 0 Å². The van der Waals surface area contributed by atoms with Crippen molar-refractivity contribution < 1.29 is 8.78 Å². The van der Waals surface area contributed by atoms with Gasteiger partial charge in [-0.15, -0.1) is 0 Å². The minimum atomic E-state index is -0.546. The summed E-state index contributed by atoms with van der Waals surface area (Å²) in [6.07, 6.45) is 0.474. The van der Waals surface area contributed by atoms with Gasteiger partial charge in [0.2, 0.25) is 0 Å². The SMILES string of the molecule is CC(N)Cc1cc(F)c(N(C)C)c(F)c1. The summed E-state index contributed by atoms with van der Waals surface area (Å²) in [7, 11) is 3.21. The van der Waals surface area contributed by atoms with Crippen LogP contribution in [-0.2, 0) is 6.42 Å². The second-order valence-electron chi connectivity index (χ2n) is 3.98. The molecular weight excluding hydrogens is 198 g/mol. The van der Waals surface area contributed by atoms with Gasteiger partial charge in [-0.25, -0.2) is 8.78 Å². The number of benzene rings is 1. The van der Waals surface area contributed by atoms with E-state index >= 15 is 0 Å². The van der Waals surface area contributed by atoms with Crippen molar-refractivity contribution in [2.24, 2.45) is 5.73 Å². The van der Waals surface area contributed by atoms with Crippen LogP contribution < -0.4 is 10.6 Å². The fourth-order valence-corrected chi connectivity index (χ4v) is 1.53. The summed E-state index contributed by atoms with van der Waals surface area (Å²) in [5.41, 5.74) is 6.14. The van der Waals surface area contributed by atoms with E-state index in [1.54, 1.807) is 21.0 Å². The Labute approximate surface area is 88.7 Å². The predicted molar refractivity (Wildman–Crippen MR) is 58.0 cm³/mol. The summed E-state index contributed by atoms with van der Waals surface area (Å²) in [4.78, 5) is 1.42. The first-order chi connectivity index (χ1) is 6.91. The Bertz CT molecular complexity index is 325. The third-order valence-electron chi connectivity index (χ3n) is 2.08. The van der Waals surface area contributed by atoms with E-state index in [1.165, 1.54) is 17.0 Å². The summed E-state index contributed by atoms with van der Waals surface area (Å²) >= 11 is 0. The molecule has 0 aromatic heterocycles. The average molecular weight is 214 g/mol. The molecular formula is C11H16F2N2. The van der Waals surface area contributed by atoms with Crippen molar-refractivity contribution in [1.82, 2.24) is 0 Å². The first kappa shape index (κ1) is 11.9. The molecule has 84 valence electrons. The van der Waals surface area contributed by atoms with Gasteiger partial charge in [-0.3, -0.25) is 0 Å². The molecule has 15 heavy (non-hydrogen) atoms. The Morgan fingerprint density at radius 3 is 2.07 bits per heavy atom. The van der Waals surface area contributed by atoms with Crippen molar-refractivity contribution in [2.45, 2.75) is 19.4 Å². The van der Waals surface area contributed by atoms with Crippen LogP contribution in [-0.4, -0.2) is 20.1 Å². The van der Waals surface area contributed by atoms with Gasteiger partial charge in [-0.2, -0.15) is 0 Å². The van der Waals surface area contributed by atoms with Crippen molar-refractivity contribution >= 4 is 5.69 Å². The van der Waals surface area contributed by atoms with Crippen molar-refractivity contribution in [1.29, 1.82) is 0 Å². The zero-order chi connectivity index (χ0) is 11.6. The lowest BCUT2D eigenvalue weighted by atomic mass is 10.1. The fraction of sp³-hybridized carbons (Fsp3) is 0.455. The molecule has 1 unspecified atom stereocenters. The molecule has 0 aliphatic heterocycles. The Morgan fingerprint density at radius 1 is 1.27 bits per heavy atom. The second kappa shape index (κ2) is 4.57. The molecule has 2 nitrogen and oxygen atoms in total. The Balaban J connectivity index is 3.08. The van der Waals surface area contributed by atoms with Crippen molar-refractivity contribution in [3.05, 3.63) is 29.3 Å². The first-order valence-electron chi connectivity index (χ1n) is 4.82. The van der Waals surface area contributed by atoms with Gasteiger partial charge in [-0.05, 0) is 31.0 Å². The number of rotatable bonds is 3. The highest BCUT2D eigenvalue weighted by Crippen LogP contribution is 2.23. The minimum absolute atomic E-state index is 0.0107. The standard InChI is InChI=1S/C11H16F2N2/c1-7(14)4-8-5-9(12)11(15(2)3)10(13)6-8/h5-7H,4,14H2,1-3H3. The number of hydrogen-bond donors (Lipinski definition) is 1. The maximum Gasteiger partial charge on any atom is 0.149 e. The van der Waals surface area contributed by atoms with E-state index in [1.807, 2.05) is 0 Å². The quantitative estimate of drug-likeness (QED) is 0.833. The number of nitrogens with two attached hydrogens (primary N) is 1. The zero-order valence-corrected chi connectivity index (χ0v) is 9.22. The van der Waals surface area contributed by atoms with Crippen molar-refractivity contribution in [3.8, 4) is 0 Å². The van der Waals surface area contributed by atoms with Crippen LogP contribution in [0.25, 0.3) is 0 Å². The van der Waals surface area contributed by atoms with E-state index in [-0.39, 0.29) is 11.7 Å². The molecule has 0 saturated carbocycles. The molecule has 0 fully saturated rings. The van der Waals surface area contributed by atoms with Crippen LogP contribution in [0.3, 0.4) is 0 Å². The molecule has 0 heterocycles. The molecule has 0 saturated heterocycles. The molecule has 1 aromatic rings. The van der Waals surface area contributed by atoms with Gasteiger partial charge < -0.3 is 10.6 Å². The predicted octanol–water partition coefficient (Wildman–Crippen LogP) is 1.92. The number of hydrogen-bond acceptors (Lipinski definition) is 2. The summed E-state index contributed by atoms with van der Waals surface area (Å²) < 4.78 is 27.0. The van der Waals surface area contributed by atoms with Gasteiger partial charge in [-0.1, -0.05) is 0 Å². The van der Waals surface area contributed by atoms with Crippen LogP contribution in [0.1, 0.15) is 12.5 Å². The Kier molecular flexibility index (Phi) is 3.63. The summed E-state index contributed by atoms with van der Waals surface area (Å²) in [6, 6.07) is 2.57. The Morgan fingerprint density at radius 2 is 1.73 bits per heavy atom. The molecule has 1 rings (SSSR count). The van der Waals surface area contributed by atoms with Gasteiger partial charge in [0.05, 0.1) is 0 Å². The normalized spacial score (nSPS) is 12.7. The molecule has 0 bridgehead atoms. The molecule has 0 spiro atoms. The van der Waals surface area contributed by atoms with Gasteiger partial charge >= 0.3 is 0 Å². The fourth-order valence-electron chi connectivity index (χ4n) is 1.53. The summed E-state index contributed by atoms with van der Waals surface area (Å²) in [5.74, 6) is -1.09. The maximum atomic E-state index is 13.5.